The van der Waals surface area contributed by atoms with Crippen molar-refractivity contribution in [2.24, 2.45) is 0 Å². The van der Waals surface area contributed by atoms with E-state index in [1.807, 2.05) is 25.1 Å². The third-order valence-electron chi connectivity index (χ3n) is 2.59. The lowest BCUT2D eigenvalue weighted by Crippen LogP contribution is -2.00. The molecule has 0 unspecified atom stereocenters. The number of hydrogen-bond donors (Lipinski definition) is 0. The normalized spacial score (nSPS) is 10.2. The van der Waals surface area contributed by atoms with Crippen LogP contribution >= 0.6 is 0 Å². The Morgan fingerprint density at radius 3 is 2.71 bits per heavy atom. The Labute approximate surface area is 104 Å². The third-order valence-corrected chi connectivity index (χ3v) is 2.59. The first-order valence-electron chi connectivity index (χ1n) is 6.49. The van der Waals surface area contributed by atoms with Gasteiger partial charge < -0.3 is 4.74 Å². The monoisotopic (exact) mass is 234 g/mol. The summed E-state index contributed by atoms with van der Waals surface area (Å²) in [6, 6.07) is 8.05. The lowest BCUT2D eigenvalue weighted by molar-refractivity contribution is -0.119. The summed E-state index contributed by atoms with van der Waals surface area (Å²) in [5.74, 6) is 1.26. The number of ether oxygens (including phenoxy) is 1. The first kappa shape index (κ1) is 13.8. The number of Topliss-reactive ketones (excluding diaryl/α,β-unsaturated/α-hetero) is 1. The summed E-state index contributed by atoms with van der Waals surface area (Å²) in [6.45, 7) is 4.88. The second-order valence-electron chi connectivity index (χ2n) is 4.28. The van der Waals surface area contributed by atoms with E-state index >= 15 is 0 Å². The third kappa shape index (κ3) is 5.53. The molecule has 0 bridgehead atoms. The molecule has 0 saturated carbocycles. The van der Waals surface area contributed by atoms with E-state index in [2.05, 4.69) is 13.0 Å². The Morgan fingerprint density at radius 2 is 2.00 bits per heavy atom. The van der Waals surface area contributed by atoms with Crippen LogP contribution in [0.4, 0.5) is 0 Å². The minimum absolute atomic E-state index is 0.354. The summed E-state index contributed by atoms with van der Waals surface area (Å²) in [6.07, 6.45) is 4.12. The summed E-state index contributed by atoms with van der Waals surface area (Å²) >= 11 is 0. The van der Waals surface area contributed by atoms with Crippen LogP contribution in [0, 0.1) is 0 Å². The van der Waals surface area contributed by atoms with Crippen molar-refractivity contribution in [3.8, 4) is 5.75 Å². The molecule has 0 amide bonds. The fourth-order valence-corrected chi connectivity index (χ4v) is 1.70. The minimum atomic E-state index is 0.354. The van der Waals surface area contributed by atoms with Crippen molar-refractivity contribution in [2.45, 2.75) is 46.0 Å². The minimum Gasteiger partial charge on any atom is -0.494 e. The molecular formula is C15H22O2. The van der Waals surface area contributed by atoms with Gasteiger partial charge in [0, 0.05) is 12.8 Å². The highest BCUT2D eigenvalue weighted by Crippen LogP contribution is 2.15. The van der Waals surface area contributed by atoms with Gasteiger partial charge in [-0.1, -0.05) is 26.0 Å². The molecular weight excluding hydrogens is 212 g/mol. The molecule has 2 heteroatoms. The van der Waals surface area contributed by atoms with Gasteiger partial charge in [0.05, 0.1) is 6.61 Å². The first-order valence-corrected chi connectivity index (χ1v) is 6.49. The van der Waals surface area contributed by atoms with Crippen LogP contribution in [0.1, 0.15) is 45.1 Å². The largest absolute Gasteiger partial charge is 0.494 e. The number of aryl methyl sites for hydroxylation is 1. The molecule has 0 aromatic heterocycles. The molecule has 0 aliphatic carbocycles. The molecule has 0 spiro atoms. The second kappa shape index (κ2) is 7.88. The number of benzene rings is 1. The average Bonchev–Trinajstić information content (AvgIpc) is 2.35. The fourth-order valence-electron chi connectivity index (χ4n) is 1.70. The van der Waals surface area contributed by atoms with E-state index in [9.17, 15) is 4.79 Å². The standard InChI is InChI=1S/C15H22O2/c1-3-6-14(16)10-9-13-7-5-8-15(12-13)17-11-4-2/h5,7-8,12H,3-4,6,9-11H2,1-2H3. The van der Waals surface area contributed by atoms with Gasteiger partial charge in [-0.05, 0) is 37.0 Å². The van der Waals surface area contributed by atoms with Crippen molar-refractivity contribution in [3.05, 3.63) is 29.8 Å². The Balaban J connectivity index is 2.45. The Morgan fingerprint density at radius 1 is 1.18 bits per heavy atom. The molecule has 2 nitrogen and oxygen atoms in total. The zero-order valence-electron chi connectivity index (χ0n) is 10.9. The number of hydrogen-bond acceptors (Lipinski definition) is 2. The molecule has 0 heterocycles. The highest BCUT2D eigenvalue weighted by molar-refractivity contribution is 5.78. The summed E-state index contributed by atoms with van der Waals surface area (Å²) < 4.78 is 5.57. The van der Waals surface area contributed by atoms with E-state index < -0.39 is 0 Å². The van der Waals surface area contributed by atoms with Gasteiger partial charge in [-0.2, -0.15) is 0 Å². The zero-order valence-corrected chi connectivity index (χ0v) is 10.9. The van der Waals surface area contributed by atoms with E-state index in [0.717, 1.165) is 31.6 Å². The van der Waals surface area contributed by atoms with Gasteiger partial charge in [0.1, 0.15) is 11.5 Å². The molecule has 0 N–H and O–H groups in total. The maximum atomic E-state index is 11.4. The molecule has 94 valence electrons. The summed E-state index contributed by atoms with van der Waals surface area (Å²) in [5.41, 5.74) is 1.18. The number of carbonyl (C=O) groups is 1. The fraction of sp³-hybridized carbons (Fsp3) is 0.533. The lowest BCUT2D eigenvalue weighted by atomic mass is 10.1. The van der Waals surface area contributed by atoms with Gasteiger partial charge in [-0.25, -0.2) is 0 Å². The summed E-state index contributed by atoms with van der Waals surface area (Å²) in [5, 5.41) is 0. The van der Waals surface area contributed by atoms with E-state index in [1.54, 1.807) is 0 Å². The maximum Gasteiger partial charge on any atom is 0.133 e. The van der Waals surface area contributed by atoms with E-state index in [1.165, 1.54) is 5.56 Å². The highest BCUT2D eigenvalue weighted by atomic mass is 16.5. The zero-order chi connectivity index (χ0) is 12.5. The second-order valence-corrected chi connectivity index (χ2v) is 4.28. The van der Waals surface area contributed by atoms with Crippen molar-refractivity contribution >= 4 is 5.78 Å². The Hall–Kier alpha value is -1.31. The quantitative estimate of drug-likeness (QED) is 0.684. The average molecular weight is 234 g/mol. The van der Waals surface area contributed by atoms with Crippen LogP contribution in [0.5, 0.6) is 5.75 Å². The molecule has 1 aromatic rings. The van der Waals surface area contributed by atoms with Crippen LogP contribution in [-0.2, 0) is 11.2 Å². The molecule has 0 saturated heterocycles. The van der Waals surface area contributed by atoms with Gasteiger partial charge in [-0.15, -0.1) is 0 Å². The highest BCUT2D eigenvalue weighted by Gasteiger charge is 2.02. The van der Waals surface area contributed by atoms with Crippen LogP contribution in [0.3, 0.4) is 0 Å². The lowest BCUT2D eigenvalue weighted by Gasteiger charge is -2.06. The van der Waals surface area contributed by atoms with Crippen molar-refractivity contribution in [1.82, 2.24) is 0 Å². The predicted octanol–water partition coefficient (Wildman–Crippen LogP) is 3.78. The van der Waals surface area contributed by atoms with Gasteiger partial charge in [-0.3, -0.25) is 4.79 Å². The Kier molecular flexibility index (Phi) is 6.38. The first-order chi connectivity index (χ1) is 8.26. The SMILES string of the molecule is CCCOc1cccc(CCC(=O)CCC)c1. The predicted molar refractivity (Wildman–Crippen MR) is 70.5 cm³/mol. The van der Waals surface area contributed by atoms with Gasteiger partial charge in [0.25, 0.3) is 0 Å². The van der Waals surface area contributed by atoms with Crippen LogP contribution in [-0.4, -0.2) is 12.4 Å². The van der Waals surface area contributed by atoms with Crippen molar-refractivity contribution in [3.63, 3.8) is 0 Å². The van der Waals surface area contributed by atoms with Crippen molar-refractivity contribution in [1.29, 1.82) is 0 Å². The summed E-state index contributed by atoms with van der Waals surface area (Å²) in [4.78, 5) is 11.4. The van der Waals surface area contributed by atoms with Crippen LogP contribution in [0.15, 0.2) is 24.3 Å². The molecule has 1 rings (SSSR count). The smallest absolute Gasteiger partial charge is 0.133 e. The van der Waals surface area contributed by atoms with Gasteiger partial charge in [0.15, 0.2) is 0 Å². The van der Waals surface area contributed by atoms with Crippen molar-refractivity contribution in [2.75, 3.05) is 6.61 Å². The van der Waals surface area contributed by atoms with Crippen LogP contribution in [0.25, 0.3) is 0 Å². The Bertz CT molecular complexity index is 345. The van der Waals surface area contributed by atoms with Gasteiger partial charge in [0.2, 0.25) is 0 Å². The molecule has 0 aliphatic rings. The molecule has 0 fully saturated rings. The van der Waals surface area contributed by atoms with Crippen molar-refractivity contribution < 1.29 is 9.53 Å². The molecule has 0 atom stereocenters. The molecule has 17 heavy (non-hydrogen) atoms. The number of ketones is 1. The van der Waals surface area contributed by atoms with E-state index in [0.29, 0.717) is 18.6 Å². The van der Waals surface area contributed by atoms with Crippen LogP contribution < -0.4 is 4.74 Å². The maximum absolute atomic E-state index is 11.4. The molecule has 1 aromatic carbocycles. The summed E-state index contributed by atoms with van der Waals surface area (Å²) in [7, 11) is 0. The number of carbonyl (C=O) groups excluding carboxylic acids is 1. The molecule has 0 radical (unpaired) electrons. The molecule has 0 aliphatic heterocycles. The van der Waals surface area contributed by atoms with E-state index in [-0.39, 0.29) is 0 Å². The van der Waals surface area contributed by atoms with Crippen LogP contribution in [0.2, 0.25) is 0 Å². The van der Waals surface area contributed by atoms with E-state index in [4.69, 9.17) is 4.74 Å². The number of rotatable bonds is 8. The topological polar surface area (TPSA) is 26.3 Å². The van der Waals surface area contributed by atoms with Gasteiger partial charge >= 0.3 is 0 Å².